The fourth-order valence-electron chi connectivity index (χ4n) is 3.53. The lowest BCUT2D eigenvalue weighted by Crippen LogP contribution is -2.28. The number of nitrogens with zero attached hydrogens (tertiary/aromatic N) is 1. The minimum Gasteiger partial charge on any atom is -0.454 e. The van der Waals surface area contributed by atoms with E-state index in [0.29, 0.717) is 28.3 Å². The zero-order valence-electron chi connectivity index (χ0n) is 18.2. The van der Waals surface area contributed by atoms with Gasteiger partial charge in [-0.3, -0.25) is 9.59 Å². The first kappa shape index (κ1) is 21.2. The first-order chi connectivity index (χ1) is 15.4. The molecule has 0 saturated carbocycles. The van der Waals surface area contributed by atoms with Crippen LogP contribution in [0.3, 0.4) is 0 Å². The maximum Gasteiger partial charge on any atom is 0.255 e. The van der Waals surface area contributed by atoms with Gasteiger partial charge in [0.05, 0.1) is 11.6 Å². The van der Waals surface area contributed by atoms with Crippen molar-refractivity contribution in [3.05, 3.63) is 83.4 Å². The van der Waals surface area contributed by atoms with Crippen molar-refractivity contribution in [2.45, 2.75) is 13.0 Å². The van der Waals surface area contributed by atoms with Crippen LogP contribution in [0.25, 0.3) is 0 Å². The lowest BCUT2D eigenvalue weighted by Gasteiger charge is -2.20. The van der Waals surface area contributed by atoms with E-state index < -0.39 is 0 Å². The molecule has 3 aromatic carbocycles. The van der Waals surface area contributed by atoms with Gasteiger partial charge in [-0.15, -0.1) is 0 Å². The Labute approximate surface area is 187 Å². The number of carbonyl (C=O) groups is 2. The topological polar surface area (TPSA) is 79.9 Å². The summed E-state index contributed by atoms with van der Waals surface area (Å²) in [4.78, 5) is 27.7. The number of ether oxygens (including phenoxy) is 2. The molecule has 0 saturated heterocycles. The Hall–Kier alpha value is -4.00. The Morgan fingerprint density at radius 3 is 2.41 bits per heavy atom. The second-order valence-corrected chi connectivity index (χ2v) is 7.75. The second-order valence-electron chi connectivity index (χ2n) is 7.75. The zero-order chi connectivity index (χ0) is 22.7. The Balaban J connectivity index is 1.55. The molecule has 3 aromatic rings. The number of hydrogen-bond donors (Lipinski definition) is 2. The van der Waals surface area contributed by atoms with Gasteiger partial charge in [-0.25, -0.2) is 0 Å². The second kappa shape index (κ2) is 9.01. The fraction of sp³-hybridized carbons (Fsp3) is 0.200. The van der Waals surface area contributed by atoms with Crippen molar-refractivity contribution in [2.24, 2.45) is 0 Å². The van der Waals surface area contributed by atoms with Gasteiger partial charge >= 0.3 is 0 Å². The molecule has 1 atom stereocenters. The van der Waals surface area contributed by atoms with Gasteiger partial charge in [0.2, 0.25) is 6.79 Å². The quantitative estimate of drug-likeness (QED) is 0.611. The highest BCUT2D eigenvalue weighted by Crippen LogP contribution is 2.33. The molecule has 1 unspecified atom stereocenters. The lowest BCUT2D eigenvalue weighted by atomic mass is 10.1. The van der Waals surface area contributed by atoms with Gasteiger partial charge in [-0.2, -0.15) is 0 Å². The molecule has 0 bridgehead atoms. The van der Waals surface area contributed by atoms with E-state index in [4.69, 9.17) is 9.47 Å². The first-order valence-electron chi connectivity index (χ1n) is 10.3. The fourth-order valence-corrected chi connectivity index (χ4v) is 3.53. The highest BCUT2D eigenvalue weighted by molar-refractivity contribution is 6.06. The zero-order valence-corrected chi connectivity index (χ0v) is 18.2. The van der Waals surface area contributed by atoms with Crippen LogP contribution in [-0.4, -0.2) is 32.7 Å². The molecule has 0 aromatic heterocycles. The molecule has 2 N–H and O–H groups in total. The number of amides is 2. The summed E-state index contributed by atoms with van der Waals surface area (Å²) in [5.41, 5.74) is 3.20. The summed E-state index contributed by atoms with van der Waals surface area (Å²) in [5, 5.41) is 5.90. The van der Waals surface area contributed by atoms with E-state index in [0.717, 1.165) is 11.3 Å². The molecule has 164 valence electrons. The molecule has 0 spiro atoms. The number of anilines is 2. The maximum atomic E-state index is 13.1. The number of hydrogen-bond acceptors (Lipinski definition) is 5. The van der Waals surface area contributed by atoms with Crippen LogP contribution in [-0.2, 0) is 0 Å². The molecule has 7 nitrogen and oxygen atoms in total. The molecule has 0 radical (unpaired) electrons. The van der Waals surface area contributed by atoms with Crippen molar-refractivity contribution in [1.29, 1.82) is 0 Å². The largest absolute Gasteiger partial charge is 0.454 e. The summed E-state index contributed by atoms with van der Waals surface area (Å²) in [5.74, 6) is 0.632. The molecular weight excluding hydrogens is 406 g/mol. The summed E-state index contributed by atoms with van der Waals surface area (Å²) in [6.45, 7) is 2.08. The maximum absolute atomic E-state index is 13.1. The Morgan fingerprint density at radius 2 is 1.66 bits per heavy atom. The van der Waals surface area contributed by atoms with Crippen LogP contribution < -0.4 is 25.0 Å². The van der Waals surface area contributed by atoms with Crippen LogP contribution in [0.4, 0.5) is 11.4 Å². The molecule has 0 aliphatic carbocycles. The van der Waals surface area contributed by atoms with Gasteiger partial charge in [0.15, 0.2) is 11.5 Å². The SMILES string of the molecule is CC(NC(=O)c1cc(NC(=O)c2ccc3c(c2)OCO3)ccc1N(C)C)c1ccccc1. The molecular formula is C25H25N3O4. The van der Waals surface area contributed by atoms with Gasteiger partial charge < -0.3 is 25.0 Å². The minimum absolute atomic E-state index is 0.145. The summed E-state index contributed by atoms with van der Waals surface area (Å²) in [6.07, 6.45) is 0. The average molecular weight is 431 g/mol. The van der Waals surface area contributed by atoms with Crippen LogP contribution >= 0.6 is 0 Å². The standard InChI is InChI=1S/C25H25N3O4/c1-16(17-7-5-4-6-8-17)26-25(30)20-14-19(10-11-21(20)28(2)3)27-24(29)18-9-12-22-23(13-18)32-15-31-22/h4-14,16H,15H2,1-3H3,(H,26,30)(H,27,29). The van der Waals surface area contributed by atoms with Gasteiger partial charge in [-0.05, 0) is 48.9 Å². The number of fused-ring (bicyclic) bond motifs is 1. The van der Waals surface area contributed by atoms with E-state index in [1.54, 1.807) is 30.3 Å². The third kappa shape index (κ3) is 4.51. The van der Waals surface area contributed by atoms with Crippen molar-refractivity contribution in [2.75, 3.05) is 31.1 Å². The summed E-state index contributed by atoms with van der Waals surface area (Å²) < 4.78 is 10.6. The van der Waals surface area contributed by atoms with Crippen molar-refractivity contribution in [3.63, 3.8) is 0 Å². The molecule has 7 heteroatoms. The van der Waals surface area contributed by atoms with E-state index in [2.05, 4.69) is 10.6 Å². The summed E-state index contributed by atoms with van der Waals surface area (Å²) in [6, 6.07) is 19.9. The Bertz CT molecular complexity index is 1150. The third-order valence-corrected chi connectivity index (χ3v) is 5.26. The van der Waals surface area contributed by atoms with Crippen molar-refractivity contribution < 1.29 is 19.1 Å². The number of carbonyl (C=O) groups excluding carboxylic acids is 2. The lowest BCUT2D eigenvalue weighted by molar-refractivity contribution is 0.0939. The van der Waals surface area contributed by atoms with Crippen molar-refractivity contribution in [3.8, 4) is 11.5 Å². The predicted octanol–water partition coefficient (Wildman–Crippen LogP) is 4.22. The monoisotopic (exact) mass is 431 g/mol. The van der Waals surface area contributed by atoms with E-state index in [1.807, 2.05) is 62.3 Å². The van der Waals surface area contributed by atoms with E-state index in [9.17, 15) is 9.59 Å². The summed E-state index contributed by atoms with van der Waals surface area (Å²) in [7, 11) is 3.75. The molecule has 1 aliphatic heterocycles. The van der Waals surface area contributed by atoms with Crippen molar-refractivity contribution >= 4 is 23.2 Å². The molecule has 4 rings (SSSR count). The molecule has 1 aliphatic rings. The molecule has 2 amide bonds. The van der Waals surface area contributed by atoms with Crippen LogP contribution in [0.5, 0.6) is 11.5 Å². The smallest absolute Gasteiger partial charge is 0.255 e. The predicted molar refractivity (Wildman–Crippen MR) is 124 cm³/mol. The number of nitrogens with one attached hydrogen (secondary N) is 2. The summed E-state index contributed by atoms with van der Waals surface area (Å²) >= 11 is 0. The van der Waals surface area contributed by atoms with Crippen LogP contribution in [0.1, 0.15) is 39.2 Å². The molecule has 0 fully saturated rings. The van der Waals surface area contributed by atoms with Crippen LogP contribution in [0, 0.1) is 0 Å². The normalized spacial score (nSPS) is 12.7. The van der Waals surface area contributed by atoms with Gasteiger partial charge in [0.25, 0.3) is 11.8 Å². The van der Waals surface area contributed by atoms with Gasteiger partial charge in [-0.1, -0.05) is 30.3 Å². The highest BCUT2D eigenvalue weighted by Gasteiger charge is 2.19. The first-order valence-corrected chi connectivity index (χ1v) is 10.3. The molecule has 1 heterocycles. The molecule has 32 heavy (non-hydrogen) atoms. The third-order valence-electron chi connectivity index (χ3n) is 5.26. The van der Waals surface area contributed by atoms with Gasteiger partial charge in [0, 0.05) is 31.0 Å². The van der Waals surface area contributed by atoms with E-state index >= 15 is 0 Å². The minimum atomic E-state index is -0.301. The van der Waals surface area contributed by atoms with Gasteiger partial charge in [0.1, 0.15) is 0 Å². The Morgan fingerprint density at radius 1 is 0.906 bits per heavy atom. The van der Waals surface area contributed by atoms with Crippen LogP contribution in [0.15, 0.2) is 66.7 Å². The average Bonchev–Trinajstić information content (AvgIpc) is 3.27. The number of benzene rings is 3. The Kier molecular flexibility index (Phi) is 5.98. The van der Waals surface area contributed by atoms with Crippen molar-refractivity contribution in [1.82, 2.24) is 5.32 Å². The highest BCUT2D eigenvalue weighted by atomic mass is 16.7. The van der Waals surface area contributed by atoms with E-state index in [1.165, 1.54) is 0 Å². The number of rotatable bonds is 6. The van der Waals surface area contributed by atoms with Crippen LogP contribution in [0.2, 0.25) is 0 Å². The van der Waals surface area contributed by atoms with E-state index in [-0.39, 0.29) is 24.6 Å².